The summed E-state index contributed by atoms with van der Waals surface area (Å²) >= 11 is 0. The third-order valence-electron chi connectivity index (χ3n) is 3.86. The molecule has 17 heavy (non-hydrogen) atoms. The predicted molar refractivity (Wildman–Crippen MR) is 70.0 cm³/mol. The molecule has 0 radical (unpaired) electrons. The van der Waals surface area contributed by atoms with Crippen LogP contribution < -0.4 is 5.73 Å². The van der Waals surface area contributed by atoms with Gasteiger partial charge in [-0.15, -0.1) is 0 Å². The van der Waals surface area contributed by atoms with Crippen LogP contribution in [-0.4, -0.2) is 55.5 Å². The molecule has 0 aromatic rings. The minimum atomic E-state index is 0.220. The number of nitrogens with zero attached hydrogens (tertiary/aromatic N) is 1. The number of hydrogen-bond donors (Lipinski definition) is 2. The molecule has 3 N–H and O–H groups in total. The van der Waals surface area contributed by atoms with Gasteiger partial charge in [-0.1, -0.05) is 0 Å². The van der Waals surface area contributed by atoms with Crippen LogP contribution in [0.1, 0.15) is 33.1 Å². The first-order valence-electron chi connectivity index (χ1n) is 6.76. The zero-order chi connectivity index (χ0) is 12.7. The van der Waals surface area contributed by atoms with Crippen molar-refractivity contribution < 1.29 is 9.84 Å². The Kier molecular flexibility index (Phi) is 6.41. The van der Waals surface area contributed by atoms with Crippen molar-refractivity contribution in [2.24, 2.45) is 11.1 Å². The summed E-state index contributed by atoms with van der Waals surface area (Å²) < 4.78 is 5.44. The fourth-order valence-electron chi connectivity index (χ4n) is 2.46. The van der Waals surface area contributed by atoms with E-state index in [1.54, 1.807) is 0 Å². The lowest BCUT2D eigenvalue weighted by Crippen LogP contribution is -2.48. The SMILES string of the molecule is CC(C)N(CCCO)CC1(CN)CCOCC1. The highest BCUT2D eigenvalue weighted by molar-refractivity contribution is 4.87. The molecule has 102 valence electrons. The minimum absolute atomic E-state index is 0.220. The van der Waals surface area contributed by atoms with Crippen molar-refractivity contribution in [3.05, 3.63) is 0 Å². The van der Waals surface area contributed by atoms with E-state index in [0.717, 1.165) is 52.1 Å². The lowest BCUT2D eigenvalue weighted by molar-refractivity contribution is -0.00617. The third-order valence-corrected chi connectivity index (χ3v) is 3.86. The largest absolute Gasteiger partial charge is 0.396 e. The van der Waals surface area contributed by atoms with E-state index in [-0.39, 0.29) is 12.0 Å². The predicted octanol–water partition coefficient (Wildman–Crippen LogP) is 0.835. The summed E-state index contributed by atoms with van der Waals surface area (Å²) in [6, 6.07) is 0.507. The Morgan fingerprint density at radius 3 is 2.47 bits per heavy atom. The highest BCUT2D eigenvalue weighted by Gasteiger charge is 2.33. The van der Waals surface area contributed by atoms with Crippen LogP contribution in [0.5, 0.6) is 0 Å². The number of hydrogen-bond acceptors (Lipinski definition) is 4. The van der Waals surface area contributed by atoms with E-state index < -0.39 is 0 Å². The molecule has 0 atom stereocenters. The second kappa shape index (κ2) is 7.31. The quantitative estimate of drug-likeness (QED) is 0.696. The first kappa shape index (κ1) is 14.9. The summed E-state index contributed by atoms with van der Waals surface area (Å²) in [5.41, 5.74) is 6.20. The van der Waals surface area contributed by atoms with E-state index in [4.69, 9.17) is 15.6 Å². The molecule has 0 saturated carbocycles. The first-order valence-corrected chi connectivity index (χ1v) is 6.76. The van der Waals surface area contributed by atoms with Crippen molar-refractivity contribution in [1.29, 1.82) is 0 Å². The zero-order valence-corrected chi connectivity index (χ0v) is 11.3. The maximum atomic E-state index is 8.95. The van der Waals surface area contributed by atoms with Crippen LogP contribution in [0.15, 0.2) is 0 Å². The van der Waals surface area contributed by atoms with Crippen LogP contribution in [0, 0.1) is 5.41 Å². The maximum Gasteiger partial charge on any atom is 0.0472 e. The zero-order valence-electron chi connectivity index (χ0n) is 11.3. The smallest absolute Gasteiger partial charge is 0.0472 e. The molecule has 0 spiro atoms. The molecule has 0 aromatic heterocycles. The van der Waals surface area contributed by atoms with Gasteiger partial charge in [0, 0.05) is 39.0 Å². The van der Waals surface area contributed by atoms with E-state index in [1.165, 1.54) is 0 Å². The Hall–Kier alpha value is -0.160. The number of aliphatic hydroxyl groups excluding tert-OH is 1. The summed E-state index contributed by atoms with van der Waals surface area (Å²) in [6.45, 7) is 9.08. The summed E-state index contributed by atoms with van der Waals surface area (Å²) in [7, 11) is 0. The Morgan fingerprint density at radius 1 is 1.35 bits per heavy atom. The van der Waals surface area contributed by atoms with E-state index in [0.29, 0.717) is 6.04 Å². The molecule has 0 bridgehead atoms. The summed E-state index contributed by atoms with van der Waals surface area (Å²) in [4.78, 5) is 2.44. The molecule has 0 amide bonds. The Balaban J connectivity index is 2.55. The van der Waals surface area contributed by atoms with Crippen LogP contribution >= 0.6 is 0 Å². The Labute approximate surface area is 105 Å². The van der Waals surface area contributed by atoms with Crippen molar-refractivity contribution in [2.45, 2.75) is 39.2 Å². The standard InChI is InChI=1S/C13H28N2O2/c1-12(2)15(6-3-7-16)11-13(10-14)4-8-17-9-5-13/h12,16H,3-11,14H2,1-2H3. The van der Waals surface area contributed by atoms with Crippen molar-refractivity contribution in [2.75, 3.05) is 39.5 Å². The lowest BCUT2D eigenvalue weighted by Gasteiger charge is -2.41. The Bertz CT molecular complexity index is 204. The van der Waals surface area contributed by atoms with Crippen LogP contribution in [-0.2, 0) is 4.74 Å². The molecule has 4 nitrogen and oxygen atoms in total. The molecule has 0 aliphatic carbocycles. The summed E-state index contributed by atoms with van der Waals surface area (Å²) in [6.07, 6.45) is 2.97. The number of nitrogens with two attached hydrogens (primary N) is 1. The fraction of sp³-hybridized carbons (Fsp3) is 1.00. The van der Waals surface area contributed by atoms with E-state index in [9.17, 15) is 0 Å². The minimum Gasteiger partial charge on any atom is -0.396 e. The van der Waals surface area contributed by atoms with Crippen LogP contribution in [0.25, 0.3) is 0 Å². The normalized spacial score (nSPS) is 20.1. The molecular weight excluding hydrogens is 216 g/mol. The van der Waals surface area contributed by atoms with Gasteiger partial charge in [0.2, 0.25) is 0 Å². The fourth-order valence-corrected chi connectivity index (χ4v) is 2.46. The topological polar surface area (TPSA) is 58.7 Å². The van der Waals surface area contributed by atoms with Gasteiger partial charge in [-0.2, -0.15) is 0 Å². The third kappa shape index (κ3) is 4.54. The molecule has 1 heterocycles. The van der Waals surface area contributed by atoms with Crippen LogP contribution in [0.2, 0.25) is 0 Å². The lowest BCUT2D eigenvalue weighted by atomic mass is 9.79. The highest BCUT2D eigenvalue weighted by Crippen LogP contribution is 2.30. The molecule has 1 saturated heterocycles. The molecule has 4 heteroatoms. The van der Waals surface area contributed by atoms with E-state index in [1.807, 2.05) is 0 Å². The van der Waals surface area contributed by atoms with Crippen molar-refractivity contribution in [3.8, 4) is 0 Å². The van der Waals surface area contributed by atoms with Gasteiger partial charge in [-0.05, 0) is 45.1 Å². The average molecular weight is 244 g/mol. The van der Waals surface area contributed by atoms with Gasteiger partial charge in [-0.3, -0.25) is 0 Å². The van der Waals surface area contributed by atoms with Gasteiger partial charge in [0.15, 0.2) is 0 Å². The number of ether oxygens (including phenoxy) is 1. The second-order valence-electron chi connectivity index (χ2n) is 5.46. The summed E-state index contributed by atoms with van der Waals surface area (Å²) in [5.74, 6) is 0. The van der Waals surface area contributed by atoms with Gasteiger partial charge in [0.25, 0.3) is 0 Å². The second-order valence-corrected chi connectivity index (χ2v) is 5.46. The van der Waals surface area contributed by atoms with E-state index in [2.05, 4.69) is 18.7 Å². The monoisotopic (exact) mass is 244 g/mol. The van der Waals surface area contributed by atoms with Gasteiger partial charge in [0.05, 0.1) is 0 Å². The number of aliphatic hydroxyl groups is 1. The molecule has 1 fully saturated rings. The first-order chi connectivity index (χ1) is 8.13. The van der Waals surface area contributed by atoms with Gasteiger partial charge >= 0.3 is 0 Å². The van der Waals surface area contributed by atoms with Gasteiger partial charge in [-0.25, -0.2) is 0 Å². The molecule has 1 aliphatic heterocycles. The Morgan fingerprint density at radius 2 is 2.00 bits per heavy atom. The summed E-state index contributed by atoms with van der Waals surface area (Å²) in [5, 5.41) is 8.95. The molecule has 0 aromatic carbocycles. The van der Waals surface area contributed by atoms with Crippen LogP contribution in [0.4, 0.5) is 0 Å². The van der Waals surface area contributed by atoms with Crippen molar-refractivity contribution in [1.82, 2.24) is 4.90 Å². The van der Waals surface area contributed by atoms with E-state index >= 15 is 0 Å². The highest BCUT2D eigenvalue weighted by atomic mass is 16.5. The maximum absolute atomic E-state index is 8.95. The number of rotatable bonds is 7. The van der Waals surface area contributed by atoms with Gasteiger partial charge < -0.3 is 20.5 Å². The molecule has 1 rings (SSSR count). The molecule has 1 aliphatic rings. The van der Waals surface area contributed by atoms with Gasteiger partial charge in [0.1, 0.15) is 0 Å². The molecule has 0 unspecified atom stereocenters. The van der Waals surface area contributed by atoms with Crippen LogP contribution in [0.3, 0.4) is 0 Å². The van der Waals surface area contributed by atoms with Crippen molar-refractivity contribution in [3.63, 3.8) is 0 Å². The molecular formula is C13H28N2O2. The average Bonchev–Trinajstić information content (AvgIpc) is 2.35. The van der Waals surface area contributed by atoms with Crippen molar-refractivity contribution >= 4 is 0 Å².